The van der Waals surface area contributed by atoms with Crippen molar-refractivity contribution >= 4 is 23.8 Å². The molecule has 0 saturated carbocycles. The van der Waals surface area contributed by atoms with Crippen molar-refractivity contribution in [3.8, 4) is 0 Å². The standard InChI is InChI=1S/C17H22N2O6/c18-10-6-2-5-9-14(20)19(13(17(24)25)11-15(21)22)16(23)12-7-3-1-4-8-12/h1,3-4,7-8,13H,2,5-6,9-11,18H2,(H,21,22)(H,24,25)/t13-/m0/s1. The Labute approximate surface area is 145 Å². The minimum absolute atomic E-state index is 0.0536. The van der Waals surface area contributed by atoms with Crippen LogP contribution in [0.3, 0.4) is 0 Å². The summed E-state index contributed by atoms with van der Waals surface area (Å²) >= 11 is 0. The summed E-state index contributed by atoms with van der Waals surface area (Å²) in [5.74, 6) is -4.48. The van der Waals surface area contributed by atoms with Crippen LogP contribution in [0.2, 0.25) is 0 Å². The molecule has 1 aromatic rings. The predicted molar refractivity (Wildman–Crippen MR) is 88.8 cm³/mol. The Kier molecular flexibility index (Phi) is 8.28. The van der Waals surface area contributed by atoms with E-state index in [1.165, 1.54) is 12.1 Å². The van der Waals surface area contributed by atoms with Crippen LogP contribution in [-0.4, -0.2) is 51.5 Å². The molecule has 4 N–H and O–H groups in total. The number of benzene rings is 1. The number of carbonyl (C=O) groups excluding carboxylic acids is 2. The van der Waals surface area contributed by atoms with E-state index < -0.39 is 36.2 Å². The van der Waals surface area contributed by atoms with Crippen LogP contribution in [0, 0.1) is 0 Å². The molecule has 8 heteroatoms. The van der Waals surface area contributed by atoms with Crippen LogP contribution in [-0.2, 0) is 14.4 Å². The zero-order valence-corrected chi connectivity index (χ0v) is 13.8. The van der Waals surface area contributed by atoms with E-state index >= 15 is 0 Å². The van der Waals surface area contributed by atoms with Gasteiger partial charge in [-0.3, -0.25) is 19.3 Å². The maximum atomic E-state index is 12.6. The molecule has 0 aliphatic carbocycles. The largest absolute Gasteiger partial charge is 0.481 e. The van der Waals surface area contributed by atoms with Crippen LogP contribution in [0.4, 0.5) is 0 Å². The minimum atomic E-state index is -1.76. The van der Waals surface area contributed by atoms with Crippen molar-refractivity contribution < 1.29 is 29.4 Å². The lowest BCUT2D eigenvalue weighted by atomic mass is 10.1. The highest BCUT2D eigenvalue weighted by Gasteiger charge is 2.36. The first-order valence-electron chi connectivity index (χ1n) is 7.94. The Morgan fingerprint density at radius 1 is 1.00 bits per heavy atom. The second-order valence-corrected chi connectivity index (χ2v) is 5.49. The van der Waals surface area contributed by atoms with E-state index in [9.17, 15) is 24.3 Å². The van der Waals surface area contributed by atoms with Crippen molar-refractivity contribution in [2.45, 2.75) is 38.1 Å². The van der Waals surface area contributed by atoms with Gasteiger partial charge in [0.2, 0.25) is 5.91 Å². The van der Waals surface area contributed by atoms with Gasteiger partial charge in [0.05, 0.1) is 6.42 Å². The summed E-state index contributed by atoms with van der Waals surface area (Å²) in [6.45, 7) is 0.470. The Hall–Kier alpha value is -2.74. The van der Waals surface area contributed by atoms with Crippen LogP contribution < -0.4 is 5.73 Å². The van der Waals surface area contributed by atoms with Crippen molar-refractivity contribution in [1.82, 2.24) is 4.90 Å². The number of hydrogen-bond acceptors (Lipinski definition) is 5. The highest BCUT2D eigenvalue weighted by molar-refractivity contribution is 6.07. The number of hydrogen-bond donors (Lipinski definition) is 3. The van der Waals surface area contributed by atoms with Gasteiger partial charge in [0.1, 0.15) is 6.04 Å². The fourth-order valence-electron chi connectivity index (χ4n) is 2.32. The Balaban J connectivity index is 3.07. The molecule has 0 aliphatic rings. The number of carboxylic acid groups (broad SMARTS) is 2. The number of aliphatic carboxylic acids is 2. The van der Waals surface area contributed by atoms with E-state index in [1.807, 2.05) is 0 Å². The molecule has 0 bridgehead atoms. The zero-order chi connectivity index (χ0) is 18.8. The first kappa shape index (κ1) is 20.3. The van der Waals surface area contributed by atoms with Crippen molar-refractivity contribution in [3.05, 3.63) is 35.9 Å². The molecule has 136 valence electrons. The molecule has 1 rings (SSSR count). The molecule has 0 heterocycles. The highest BCUT2D eigenvalue weighted by Crippen LogP contribution is 2.15. The van der Waals surface area contributed by atoms with Gasteiger partial charge in [0.25, 0.3) is 5.91 Å². The number of carbonyl (C=O) groups is 4. The molecular formula is C17H22N2O6. The minimum Gasteiger partial charge on any atom is -0.481 e. The summed E-state index contributed by atoms with van der Waals surface area (Å²) in [5, 5.41) is 18.3. The first-order valence-corrected chi connectivity index (χ1v) is 7.94. The summed E-state index contributed by atoms with van der Waals surface area (Å²) in [5.41, 5.74) is 5.50. The monoisotopic (exact) mass is 350 g/mol. The van der Waals surface area contributed by atoms with Crippen molar-refractivity contribution in [2.75, 3.05) is 6.54 Å². The molecule has 0 spiro atoms. The zero-order valence-electron chi connectivity index (χ0n) is 13.8. The van der Waals surface area contributed by atoms with E-state index in [0.29, 0.717) is 30.7 Å². The van der Waals surface area contributed by atoms with Gasteiger partial charge in [-0.2, -0.15) is 0 Å². The second kappa shape index (κ2) is 10.2. The summed E-state index contributed by atoms with van der Waals surface area (Å²) in [6.07, 6.45) is 0.891. The van der Waals surface area contributed by atoms with E-state index in [-0.39, 0.29) is 12.0 Å². The van der Waals surface area contributed by atoms with Gasteiger partial charge < -0.3 is 15.9 Å². The third-order valence-corrected chi connectivity index (χ3v) is 3.57. The van der Waals surface area contributed by atoms with Gasteiger partial charge in [-0.15, -0.1) is 0 Å². The number of unbranched alkanes of at least 4 members (excludes halogenated alkanes) is 2. The predicted octanol–water partition coefficient (Wildman–Crippen LogP) is 1.10. The smallest absolute Gasteiger partial charge is 0.327 e. The van der Waals surface area contributed by atoms with Gasteiger partial charge in [-0.1, -0.05) is 24.6 Å². The third-order valence-electron chi connectivity index (χ3n) is 3.57. The maximum Gasteiger partial charge on any atom is 0.327 e. The number of carboxylic acids is 2. The van der Waals surface area contributed by atoms with Gasteiger partial charge in [-0.25, -0.2) is 4.79 Å². The Bertz CT molecular complexity index is 617. The van der Waals surface area contributed by atoms with Crippen molar-refractivity contribution in [2.24, 2.45) is 5.73 Å². The molecule has 2 amide bonds. The van der Waals surface area contributed by atoms with Gasteiger partial charge >= 0.3 is 11.9 Å². The second-order valence-electron chi connectivity index (χ2n) is 5.49. The van der Waals surface area contributed by atoms with Gasteiger partial charge in [0.15, 0.2) is 0 Å². The topological polar surface area (TPSA) is 138 Å². The molecule has 25 heavy (non-hydrogen) atoms. The van der Waals surface area contributed by atoms with Crippen molar-refractivity contribution in [1.29, 1.82) is 0 Å². The molecular weight excluding hydrogens is 328 g/mol. The first-order chi connectivity index (χ1) is 11.9. The van der Waals surface area contributed by atoms with Crippen LogP contribution in [0.25, 0.3) is 0 Å². The lowest BCUT2D eigenvalue weighted by molar-refractivity contribution is -0.152. The molecule has 8 nitrogen and oxygen atoms in total. The fraction of sp³-hybridized carbons (Fsp3) is 0.412. The quantitative estimate of drug-likeness (QED) is 0.537. The average Bonchev–Trinajstić information content (AvgIpc) is 2.58. The van der Waals surface area contributed by atoms with E-state index in [4.69, 9.17) is 10.8 Å². The lowest BCUT2D eigenvalue weighted by Crippen LogP contribution is -2.49. The molecule has 0 radical (unpaired) electrons. The number of rotatable bonds is 10. The normalized spacial score (nSPS) is 11.6. The van der Waals surface area contributed by atoms with E-state index in [2.05, 4.69) is 0 Å². The molecule has 0 fully saturated rings. The summed E-state index contributed by atoms with van der Waals surface area (Å²) in [4.78, 5) is 48.1. The number of nitrogens with zero attached hydrogens (tertiary/aromatic N) is 1. The number of amides is 2. The van der Waals surface area contributed by atoms with E-state index in [1.54, 1.807) is 18.2 Å². The SMILES string of the molecule is NCCCCCC(=O)N(C(=O)c1ccccc1)[C@@H](CC(=O)O)C(=O)O. The molecule has 1 atom stereocenters. The summed E-state index contributed by atoms with van der Waals surface area (Å²) < 4.78 is 0. The van der Waals surface area contributed by atoms with Crippen molar-refractivity contribution in [3.63, 3.8) is 0 Å². The van der Waals surface area contributed by atoms with E-state index in [0.717, 1.165) is 0 Å². The molecule has 0 aromatic heterocycles. The maximum absolute atomic E-state index is 12.6. The number of nitrogens with two attached hydrogens (primary N) is 1. The summed E-state index contributed by atoms with van der Waals surface area (Å²) in [7, 11) is 0. The van der Waals surface area contributed by atoms with Crippen LogP contribution >= 0.6 is 0 Å². The molecule has 1 aromatic carbocycles. The van der Waals surface area contributed by atoms with Gasteiger partial charge in [0, 0.05) is 12.0 Å². The Morgan fingerprint density at radius 3 is 2.16 bits per heavy atom. The summed E-state index contributed by atoms with van der Waals surface area (Å²) in [6, 6.07) is 5.94. The third kappa shape index (κ3) is 6.34. The van der Waals surface area contributed by atoms with Crippen LogP contribution in [0.1, 0.15) is 42.5 Å². The molecule has 0 unspecified atom stereocenters. The number of imide groups is 1. The molecule has 0 saturated heterocycles. The van der Waals surface area contributed by atoms with Crippen LogP contribution in [0.5, 0.6) is 0 Å². The highest BCUT2D eigenvalue weighted by atomic mass is 16.4. The van der Waals surface area contributed by atoms with Gasteiger partial charge in [-0.05, 0) is 31.5 Å². The average molecular weight is 350 g/mol. The van der Waals surface area contributed by atoms with Crippen LogP contribution in [0.15, 0.2) is 30.3 Å². The Morgan fingerprint density at radius 2 is 1.64 bits per heavy atom. The lowest BCUT2D eigenvalue weighted by Gasteiger charge is -2.26. The molecule has 0 aliphatic heterocycles. The fourth-order valence-corrected chi connectivity index (χ4v) is 2.32.